The van der Waals surface area contributed by atoms with E-state index >= 15 is 0 Å². The minimum Gasteiger partial charge on any atom is -0.399 e. The minimum atomic E-state index is -0.373. The van der Waals surface area contributed by atoms with Crippen molar-refractivity contribution >= 4 is 5.69 Å². The Morgan fingerprint density at radius 1 is 1.44 bits per heavy atom. The number of anilines is 1. The molecule has 18 heavy (non-hydrogen) atoms. The topological polar surface area (TPSA) is 69.6 Å². The van der Waals surface area contributed by atoms with Gasteiger partial charge in [-0.25, -0.2) is 9.07 Å². The monoisotopic (exact) mass is 247 g/mol. The van der Waals surface area contributed by atoms with Crippen LogP contribution in [0.2, 0.25) is 0 Å². The summed E-state index contributed by atoms with van der Waals surface area (Å²) in [6.07, 6.45) is 2.19. The second-order valence-corrected chi connectivity index (χ2v) is 4.69. The fourth-order valence-electron chi connectivity index (χ4n) is 2.32. The molecule has 2 N–H and O–H groups in total. The van der Waals surface area contributed by atoms with E-state index in [-0.39, 0.29) is 5.82 Å². The third kappa shape index (κ3) is 1.83. The lowest BCUT2D eigenvalue weighted by molar-refractivity contribution is 0.563. The summed E-state index contributed by atoms with van der Waals surface area (Å²) in [6.45, 7) is 2.15. The smallest absolute Gasteiger partial charge is 0.182 e. The van der Waals surface area contributed by atoms with E-state index in [1.54, 1.807) is 10.7 Å². The number of hydrogen-bond donors (Lipinski definition) is 1. The van der Waals surface area contributed by atoms with Crippen molar-refractivity contribution < 1.29 is 4.39 Å². The summed E-state index contributed by atoms with van der Waals surface area (Å²) < 4.78 is 15.1. The number of nitrogens with two attached hydrogens (primary N) is 1. The number of nitrogens with zero attached hydrogens (tertiary/aromatic N) is 4. The van der Waals surface area contributed by atoms with Gasteiger partial charge >= 0.3 is 0 Å². The van der Waals surface area contributed by atoms with Gasteiger partial charge in [0.1, 0.15) is 5.82 Å². The van der Waals surface area contributed by atoms with Crippen LogP contribution in [0.1, 0.15) is 25.8 Å². The average Bonchev–Trinajstić information content (AvgIpc) is 2.95. The molecule has 1 aliphatic rings. The Balaban J connectivity index is 2.00. The molecule has 5 nitrogen and oxygen atoms in total. The maximum atomic E-state index is 13.4. The molecule has 2 unspecified atom stereocenters. The van der Waals surface area contributed by atoms with Crippen LogP contribution in [-0.4, -0.2) is 20.2 Å². The summed E-state index contributed by atoms with van der Waals surface area (Å²) in [5, 5.41) is 11.7. The average molecular weight is 247 g/mol. The lowest BCUT2D eigenvalue weighted by atomic mass is 10.2. The zero-order valence-corrected chi connectivity index (χ0v) is 10.0. The predicted molar refractivity (Wildman–Crippen MR) is 65.1 cm³/mol. The van der Waals surface area contributed by atoms with Crippen molar-refractivity contribution in [3.63, 3.8) is 0 Å². The number of halogens is 1. The summed E-state index contributed by atoms with van der Waals surface area (Å²) >= 11 is 0. The lowest BCUT2D eigenvalue weighted by Crippen LogP contribution is -2.02. The van der Waals surface area contributed by atoms with Crippen molar-refractivity contribution in [1.29, 1.82) is 0 Å². The van der Waals surface area contributed by atoms with Crippen LogP contribution in [0.15, 0.2) is 18.2 Å². The van der Waals surface area contributed by atoms with Gasteiger partial charge in [0.15, 0.2) is 5.82 Å². The first kappa shape index (κ1) is 11.1. The molecular formula is C12H14FN5. The summed E-state index contributed by atoms with van der Waals surface area (Å²) in [7, 11) is 0. The summed E-state index contributed by atoms with van der Waals surface area (Å²) in [4.78, 5) is 0. The zero-order chi connectivity index (χ0) is 12.7. The van der Waals surface area contributed by atoms with Gasteiger partial charge in [-0.05, 0) is 41.0 Å². The van der Waals surface area contributed by atoms with Crippen LogP contribution >= 0.6 is 0 Å². The van der Waals surface area contributed by atoms with Crippen molar-refractivity contribution in [2.24, 2.45) is 5.92 Å². The van der Waals surface area contributed by atoms with E-state index in [2.05, 4.69) is 22.4 Å². The Morgan fingerprint density at radius 3 is 2.94 bits per heavy atom. The fraction of sp³-hybridized carbons (Fsp3) is 0.417. The van der Waals surface area contributed by atoms with Crippen LogP contribution in [0, 0.1) is 11.7 Å². The highest BCUT2D eigenvalue weighted by atomic mass is 19.1. The van der Waals surface area contributed by atoms with Gasteiger partial charge in [-0.15, -0.1) is 5.10 Å². The standard InChI is InChI=1S/C12H14FN5/c1-2-7-5-11(7)18-12(15-16-17-18)8-3-9(13)6-10(14)4-8/h3-4,6-7,11H,2,5,14H2,1H3. The van der Waals surface area contributed by atoms with E-state index < -0.39 is 0 Å². The molecular weight excluding hydrogens is 233 g/mol. The van der Waals surface area contributed by atoms with Crippen molar-refractivity contribution in [2.75, 3.05) is 5.73 Å². The van der Waals surface area contributed by atoms with Crippen LogP contribution in [-0.2, 0) is 0 Å². The largest absolute Gasteiger partial charge is 0.399 e. The van der Waals surface area contributed by atoms with E-state index in [1.807, 2.05) is 0 Å². The molecule has 0 bridgehead atoms. The van der Waals surface area contributed by atoms with Crippen molar-refractivity contribution in [2.45, 2.75) is 25.8 Å². The predicted octanol–water partition coefficient (Wildman–Crippen LogP) is 2.03. The Bertz CT molecular complexity index is 559. The Morgan fingerprint density at radius 2 is 2.28 bits per heavy atom. The molecule has 1 saturated carbocycles. The Labute approximate surface area is 104 Å². The summed E-state index contributed by atoms with van der Waals surface area (Å²) in [6, 6.07) is 4.71. The molecule has 1 fully saturated rings. The molecule has 0 saturated heterocycles. The maximum absolute atomic E-state index is 13.4. The van der Waals surface area contributed by atoms with E-state index in [0.717, 1.165) is 12.8 Å². The number of aromatic nitrogens is 4. The fourth-order valence-corrected chi connectivity index (χ4v) is 2.32. The molecule has 0 spiro atoms. The van der Waals surface area contributed by atoms with Crippen molar-refractivity contribution in [1.82, 2.24) is 20.2 Å². The number of tetrazole rings is 1. The molecule has 2 aromatic rings. The number of nitrogen functional groups attached to an aromatic ring is 1. The van der Waals surface area contributed by atoms with Crippen molar-refractivity contribution in [3.8, 4) is 11.4 Å². The minimum absolute atomic E-state index is 0.337. The molecule has 0 aliphatic heterocycles. The Kier molecular flexibility index (Phi) is 2.50. The van der Waals surface area contributed by atoms with E-state index in [4.69, 9.17) is 5.73 Å². The number of rotatable bonds is 3. The molecule has 1 heterocycles. The zero-order valence-electron chi connectivity index (χ0n) is 10.0. The van der Waals surface area contributed by atoms with E-state index in [0.29, 0.717) is 29.0 Å². The van der Waals surface area contributed by atoms with Crippen LogP contribution in [0.4, 0.5) is 10.1 Å². The molecule has 0 radical (unpaired) electrons. The SMILES string of the molecule is CCC1CC1n1nnnc1-c1cc(N)cc(F)c1. The molecule has 2 atom stereocenters. The highest BCUT2D eigenvalue weighted by Gasteiger charge is 2.39. The molecule has 1 aromatic heterocycles. The van der Waals surface area contributed by atoms with Crippen LogP contribution < -0.4 is 5.73 Å². The summed E-state index contributed by atoms with van der Waals surface area (Å²) in [5.74, 6) is 0.836. The van der Waals surface area contributed by atoms with Gasteiger partial charge < -0.3 is 5.73 Å². The lowest BCUT2D eigenvalue weighted by Gasteiger charge is -2.04. The number of hydrogen-bond acceptors (Lipinski definition) is 4. The van der Waals surface area contributed by atoms with Crippen LogP contribution in [0.5, 0.6) is 0 Å². The maximum Gasteiger partial charge on any atom is 0.182 e. The first-order valence-electron chi connectivity index (χ1n) is 6.03. The quantitative estimate of drug-likeness (QED) is 0.842. The molecule has 6 heteroatoms. The normalized spacial score (nSPS) is 22.1. The van der Waals surface area contributed by atoms with Crippen molar-refractivity contribution in [3.05, 3.63) is 24.0 Å². The molecule has 94 valence electrons. The second-order valence-electron chi connectivity index (χ2n) is 4.69. The highest BCUT2D eigenvalue weighted by molar-refractivity contribution is 5.61. The van der Waals surface area contributed by atoms with Gasteiger partial charge in [0.25, 0.3) is 0 Å². The van der Waals surface area contributed by atoms with Gasteiger partial charge in [-0.2, -0.15) is 0 Å². The molecule has 0 amide bonds. The highest BCUT2D eigenvalue weighted by Crippen LogP contribution is 2.46. The van der Waals surface area contributed by atoms with Gasteiger partial charge in [0.2, 0.25) is 0 Å². The second kappa shape index (κ2) is 4.04. The van der Waals surface area contributed by atoms with Gasteiger partial charge in [-0.1, -0.05) is 13.3 Å². The third-order valence-electron chi connectivity index (χ3n) is 3.39. The van der Waals surface area contributed by atoms with Crippen LogP contribution in [0.25, 0.3) is 11.4 Å². The van der Waals surface area contributed by atoms with Gasteiger partial charge in [-0.3, -0.25) is 0 Å². The number of benzene rings is 1. The molecule has 1 aliphatic carbocycles. The first-order valence-corrected chi connectivity index (χ1v) is 6.03. The van der Waals surface area contributed by atoms with Gasteiger partial charge in [0.05, 0.1) is 6.04 Å². The first-order chi connectivity index (χ1) is 8.69. The molecule has 1 aromatic carbocycles. The third-order valence-corrected chi connectivity index (χ3v) is 3.39. The molecule has 3 rings (SSSR count). The van der Waals surface area contributed by atoms with E-state index in [9.17, 15) is 4.39 Å². The summed E-state index contributed by atoms with van der Waals surface area (Å²) in [5.41, 5.74) is 6.64. The Hall–Kier alpha value is -1.98. The van der Waals surface area contributed by atoms with Gasteiger partial charge in [0, 0.05) is 11.3 Å². The van der Waals surface area contributed by atoms with Crippen LogP contribution in [0.3, 0.4) is 0 Å². The van der Waals surface area contributed by atoms with E-state index in [1.165, 1.54) is 12.1 Å².